The summed E-state index contributed by atoms with van der Waals surface area (Å²) in [4.78, 5) is 15.0. The maximum absolute atomic E-state index is 10.9. The SMILES string of the molecule is CCCNC(=NC)NCCCCCCC(=O)OC.I. The molecule has 0 atom stereocenters. The highest BCUT2D eigenvalue weighted by atomic mass is 127. The Balaban J connectivity index is 0. The van der Waals surface area contributed by atoms with E-state index in [0.29, 0.717) is 6.42 Å². The molecule has 5 nitrogen and oxygen atoms in total. The zero-order chi connectivity index (χ0) is 13.6. The Morgan fingerprint density at radius 1 is 1.11 bits per heavy atom. The quantitative estimate of drug-likeness (QED) is 0.210. The highest BCUT2D eigenvalue weighted by Gasteiger charge is 1.99. The molecule has 6 heteroatoms. The number of aliphatic imine (C=N–C) groups is 1. The molecule has 2 N–H and O–H groups in total. The van der Waals surface area contributed by atoms with Gasteiger partial charge in [0.15, 0.2) is 5.96 Å². The van der Waals surface area contributed by atoms with Crippen molar-refractivity contribution >= 4 is 35.9 Å². The van der Waals surface area contributed by atoms with Gasteiger partial charge in [-0.15, -0.1) is 24.0 Å². The van der Waals surface area contributed by atoms with Crippen LogP contribution in [0.2, 0.25) is 0 Å². The van der Waals surface area contributed by atoms with Crippen molar-refractivity contribution in [1.82, 2.24) is 10.6 Å². The van der Waals surface area contributed by atoms with Gasteiger partial charge in [0.2, 0.25) is 0 Å². The summed E-state index contributed by atoms with van der Waals surface area (Å²) in [5.74, 6) is 0.753. The molecular weight excluding hydrogens is 357 g/mol. The van der Waals surface area contributed by atoms with Crippen LogP contribution in [0.15, 0.2) is 4.99 Å². The Morgan fingerprint density at radius 3 is 2.32 bits per heavy atom. The first-order chi connectivity index (χ1) is 8.74. The molecule has 0 bridgehead atoms. The Kier molecular flexibility index (Phi) is 17.0. The van der Waals surface area contributed by atoms with Crippen LogP contribution in [0.5, 0.6) is 0 Å². The van der Waals surface area contributed by atoms with Gasteiger partial charge >= 0.3 is 5.97 Å². The van der Waals surface area contributed by atoms with E-state index in [9.17, 15) is 4.79 Å². The van der Waals surface area contributed by atoms with Crippen LogP contribution >= 0.6 is 24.0 Å². The molecule has 0 heterocycles. The number of hydrogen-bond acceptors (Lipinski definition) is 3. The number of esters is 1. The molecule has 0 unspecified atom stereocenters. The summed E-state index contributed by atoms with van der Waals surface area (Å²) in [6.45, 7) is 3.99. The first-order valence-electron chi connectivity index (χ1n) is 6.76. The summed E-state index contributed by atoms with van der Waals surface area (Å²) in [6.07, 6.45) is 5.81. The monoisotopic (exact) mass is 385 g/mol. The van der Waals surface area contributed by atoms with E-state index in [2.05, 4.69) is 27.3 Å². The second-order valence-electron chi connectivity index (χ2n) is 4.17. The van der Waals surface area contributed by atoms with Gasteiger partial charge in [0.25, 0.3) is 0 Å². The molecule has 0 aromatic carbocycles. The average molecular weight is 385 g/mol. The van der Waals surface area contributed by atoms with Crippen LogP contribution in [0.3, 0.4) is 0 Å². The average Bonchev–Trinajstić information content (AvgIpc) is 2.40. The molecule has 0 spiro atoms. The van der Waals surface area contributed by atoms with Crippen LogP contribution in [0.1, 0.15) is 45.4 Å². The van der Waals surface area contributed by atoms with Gasteiger partial charge in [-0.25, -0.2) is 0 Å². The van der Waals surface area contributed by atoms with Crippen LogP contribution < -0.4 is 10.6 Å². The number of methoxy groups -OCH3 is 1. The van der Waals surface area contributed by atoms with E-state index in [1.54, 1.807) is 7.05 Å². The molecule has 0 fully saturated rings. The Labute approximate surface area is 134 Å². The topological polar surface area (TPSA) is 62.7 Å². The van der Waals surface area contributed by atoms with Gasteiger partial charge in [0, 0.05) is 26.6 Å². The molecule has 0 amide bonds. The van der Waals surface area contributed by atoms with Crippen molar-refractivity contribution in [3.63, 3.8) is 0 Å². The first-order valence-corrected chi connectivity index (χ1v) is 6.76. The van der Waals surface area contributed by atoms with Crippen molar-refractivity contribution < 1.29 is 9.53 Å². The summed E-state index contributed by atoms with van der Waals surface area (Å²) < 4.78 is 4.59. The molecule has 0 rings (SSSR count). The van der Waals surface area contributed by atoms with Crippen LogP contribution in [0.25, 0.3) is 0 Å². The van der Waals surface area contributed by atoms with Crippen molar-refractivity contribution in [3.05, 3.63) is 0 Å². The summed E-state index contributed by atoms with van der Waals surface area (Å²) in [5, 5.41) is 6.48. The lowest BCUT2D eigenvalue weighted by atomic mass is 10.1. The van der Waals surface area contributed by atoms with Crippen LogP contribution in [0.4, 0.5) is 0 Å². The summed E-state index contributed by atoms with van der Waals surface area (Å²) >= 11 is 0. The summed E-state index contributed by atoms with van der Waals surface area (Å²) in [7, 11) is 3.21. The molecule has 114 valence electrons. The Morgan fingerprint density at radius 2 is 1.74 bits per heavy atom. The second-order valence-corrected chi connectivity index (χ2v) is 4.17. The number of unbranched alkanes of at least 4 members (excludes halogenated alkanes) is 3. The molecule has 19 heavy (non-hydrogen) atoms. The lowest BCUT2D eigenvalue weighted by Crippen LogP contribution is -2.38. The lowest BCUT2D eigenvalue weighted by Gasteiger charge is -2.10. The van der Waals surface area contributed by atoms with Gasteiger partial charge in [0.1, 0.15) is 0 Å². The Bertz CT molecular complexity index is 248. The predicted molar refractivity (Wildman–Crippen MR) is 90.2 cm³/mol. The third kappa shape index (κ3) is 13.7. The molecule has 0 saturated carbocycles. The maximum atomic E-state index is 10.9. The predicted octanol–water partition coefficient (Wildman–Crippen LogP) is 2.30. The highest BCUT2D eigenvalue weighted by Crippen LogP contribution is 2.03. The van der Waals surface area contributed by atoms with Gasteiger partial charge in [-0.05, 0) is 19.3 Å². The second kappa shape index (κ2) is 15.5. The van der Waals surface area contributed by atoms with Gasteiger partial charge in [-0.2, -0.15) is 0 Å². The maximum Gasteiger partial charge on any atom is 0.305 e. The number of guanidine groups is 1. The molecule has 0 aliphatic rings. The molecule has 0 aliphatic carbocycles. The standard InChI is InChI=1S/C13H27N3O2.HI/c1-4-10-15-13(14-2)16-11-8-6-5-7-9-12(17)18-3;/h4-11H2,1-3H3,(H2,14,15,16);1H. The van der Waals surface area contributed by atoms with Crippen molar-refractivity contribution in [1.29, 1.82) is 0 Å². The fraction of sp³-hybridized carbons (Fsp3) is 0.846. The molecular formula is C13H28IN3O2. The number of halogens is 1. The normalized spacial score (nSPS) is 10.6. The molecule has 0 radical (unpaired) electrons. The summed E-state index contributed by atoms with van der Waals surface area (Å²) in [6, 6.07) is 0. The largest absolute Gasteiger partial charge is 0.469 e. The number of ether oxygens (including phenoxy) is 1. The summed E-state index contributed by atoms with van der Waals surface area (Å²) in [5.41, 5.74) is 0. The minimum atomic E-state index is -0.114. The van der Waals surface area contributed by atoms with E-state index < -0.39 is 0 Å². The van der Waals surface area contributed by atoms with E-state index in [4.69, 9.17) is 0 Å². The zero-order valence-corrected chi connectivity index (χ0v) is 14.7. The third-order valence-corrected chi connectivity index (χ3v) is 2.59. The fourth-order valence-electron chi connectivity index (χ4n) is 1.52. The van der Waals surface area contributed by atoms with E-state index in [0.717, 1.165) is 51.2 Å². The van der Waals surface area contributed by atoms with Gasteiger partial charge in [0.05, 0.1) is 7.11 Å². The van der Waals surface area contributed by atoms with Crippen LogP contribution in [-0.2, 0) is 9.53 Å². The zero-order valence-electron chi connectivity index (χ0n) is 12.3. The third-order valence-electron chi connectivity index (χ3n) is 2.59. The Hall–Kier alpha value is -0.530. The minimum Gasteiger partial charge on any atom is -0.469 e. The van der Waals surface area contributed by atoms with E-state index >= 15 is 0 Å². The van der Waals surface area contributed by atoms with Crippen molar-refractivity contribution in [2.45, 2.75) is 45.4 Å². The molecule has 0 aliphatic heterocycles. The number of carbonyl (C=O) groups is 1. The van der Waals surface area contributed by atoms with E-state index in [-0.39, 0.29) is 29.9 Å². The number of carbonyl (C=O) groups excluding carboxylic acids is 1. The van der Waals surface area contributed by atoms with Crippen molar-refractivity contribution in [3.8, 4) is 0 Å². The van der Waals surface area contributed by atoms with Gasteiger partial charge in [-0.1, -0.05) is 19.8 Å². The molecule has 0 aromatic rings. The van der Waals surface area contributed by atoms with Crippen molar-refractivity contribution in [2.24, 2.45) is 4.99 Å². The minimum absolute atomic E-state index is 0. The van der Waals surface area contributed by atoms with Crippen LogP contribution in [-0.4, -0.2) is 39.2 Å². The number of hydrogen-bond donors (Lipinski definition) is 2. The highest BCUT2D eigenvalue weighted by molar-refractivity contribution is 14.0. The molecule has 0 aromatic heterocycles. The van der Waals surface area contributed by atoms with Crippen LogP contribution in [0, 0.1) is 0 Å². The lowest BCUT2D eigenvalue weighted by molar-refractivity contribution is -0.140. The van der Waals surface area contributed by atoms with E-state index in [1.807, 2.05) is 0 Å². The number of nitrogens with zero attached hydrogens (tertiary/aromatic N) is 1. The fourth-order valence-corrected chi connectivity index (χ4v) is 1.52. The number of nitrogens with one attached hydrogen (secondary N) is 2. The first kappa shape index (κ1) is 20.8. The number of rotatable bonds is 9. The smallest absolute Gasteiger partial charge is 0.305 e. The van der Waals surface area contributed by atoms with Crippen molar-refractivity contribution in [2.75, 3.05) is 27.2 Å². The van der Waals surface area contributed by atoms with Gasteiger partial charge < -0.3 is 15.4 Å². The van der Waals surface area contributed by atoms with Gasteiger partial charge in [-0.3, -0.25) is 9.79 Å². The van der Waals surface area contributed by atoms with E-state index in [1.165, 1.54) is 7.11 Å². The molecule has 0 saturated heterocycles.